The van der Waals surface area contributed by atoms with Crippen molar-refractivity contribution in [3.05, 3.63) is 0 Å². The maximum atomic E-state index is 5.50. The van der Waals surface area contributed by atoms with Crippen LogP contribution in [0.1, 0.15) is 26.2 Å². The summed E-state index contributed by atoms with van der Waals surface area (Å²) in [5, 5.41) is 7.72. The normalized spacial score (nSPS) is 16.7. The van der Waals surface area contributed by atoms with Gasteiger partial charge in [0.2, 0.25) is 4.74 Å². The van der Waals surface area contributed by atoms with Crippen LogP contribution in [-0.4, -0.2) is 35.1 Å². The second-order valence-corrected chi connectivity index (χ2v) is 3.80. The Morgan fingerprint density at radius 1 is 1.54 bits per heavy atom. The summed E-state index contributed by atoms with van der Waals surface area (Å²) >= 11 is 3.32. The van der Waals surface area contributed by atoms with Gasteiger partial charge in [-0.15, -0.1) is 5.10 Å². The Morgan fingerprint density at radius 2 is 2.31 bits per heavy atom. The lowest BCUT2D eigenvalue weighted by atomic mass is 10.3. The number of nitrogens with zero attached hydrogens (tertiary/aromatic N) is 3. The van der Waals surface area contributed by atoms with Crippen LogP contribution in [0.2, 0.25) is 0 Å². The zero-order valence-corrected chi connectivity index (χ0v) is 9.75. The summed E-state index contributed by atoms with van der Waals surface area (Å²) in [7, 11) is 1.91. The molecule has 1 rings (SSSR count). The molecule has 0 fully saturated rings. The zero-order chi connectivity index (χ0) is 9.68. The van der Waals surface area contributed by atoms with Crippen molar-refractivity contribution in [2.75, 3.05) is 20.3 Å². The SMILES string of the molecule is CCCCCON1CN(C)N=C1Br. The number of rotatable bonds is 5. The fraction of sp³-hybridized carbons (Fsp3) is 0.875. The predicted octanol–water partition coefficient (Wildman–Crippen LogP) is 1.98. The number of unbranched alkanes of at least 4 members (excludes halogenated alkanes) is 2. The lowest BCUT2D eigenvalue weighted by molar-refractivity contribution is -0.108. The summed E-state index contributed by atoms with van der Waals surface area (Å²) in [6.07, 6.45) is 3.55. The molecule has 13 heavy (non-hydrogen) atoms. The molecule has 0 radical (unpaired) electrons. The van der Waals surface area contributed by atoms with Crippen molar-refractivity contribution in [1.29, 1.82) is 0 Å². The van der Waals surface area contributed by atoms with Gasteiger partial charge in [0.05, 0.1) is 6.61 Å². The molecule has 5 heteroatoms. The third-order valence-corrected chi connectivity index (χ3v) is 2.34. The Morgan fingerprint density at radius 3 is 2.85 bits per heavy atom. The monoisotopic (exact) mass is 249 g/mol. The number of hydroxylamine groups is 2. The third kappa shape index (κ3) is 3.52. The number of hydrogen-bond acceptors (Lipinski definition) is 4. The van der Waals surface area contributed by atoms with Crippen LogP contribution < -0.4 is 0 Å². The average molecular weight is 250 g/mol. The van der Waals surface area contributed by atoms with E-state index in [2.05, 4.69) is 28.0 Å². The van der Waals surface area contributed by atoms with Crippen LogP contribution in [0.15, 0.2) is 5.10 Å². The van der Waals surface area contributed by atoms with Crippen molar-refractivity contribution in [3.63, 3.8) is 0 Å². The maximum absolute atomic E-state index is 5.50. The lowest BCUT2D eigenvalue weighted by Gasteiger charge is -2.16. The van der Waals surface area contributed by atoms with Gasteiger partial charge in [-0.25, -0.2) is 5.06 Å². The Hall–Kier alpha value is -0.290. The molecule has 0 aromatic rings. The molecule has 1 aliphatic heterocycles. The second-order valence-electron chi connectivity index (χ2n) is 3.09. The molecule has 0 bridgehead atoms. The minimum atomic E-state index is 0.701. The van der Waals surface area contributed by atoms with Gasteiger partial charge in [0.1, 0.15) is 6.67 Å². The van der Waals surface area contributed by atoms with Gasteiger partial charge < -0.3 is 0 Å². The molecule has 0 N–H and O–H groups in total. The van der Waals surface area contributed by atoms with Crippen molar-refractivity contribution >= 4 is 20.7 Å². The van der Waals surface area contributed by atoms with Gasteiger partial charge in [0, 0.05) is 7.05 Å². The van der Waals surface area contributed by atoms with E-state index in [1.807, 2.05) is 12.1 Å². The maximum Gasteiger partial charge on any atom is 0.217 e. The molecule has 0 atom stereocenters. The molecule has 0 saturated heterocycles. The van der Waals surface area contributed by atoms with Crippen LogP contribution in [0.5, 0.6) is 0 Å². The van der Waals surface area contributed by atoms with Crippen LogP contribution in [0, 0.1) is 0 Å². The van der Waals surface area contributed by atoms with Crippen molar-refractivity contribution in [1.82, 2.24) is 10.1 Å². The van der Waals surface area contributed by atoms with Crippen molar-refractivity contribution in [2.24, 2.45) is 5.10 Å². The van der Waals surface area contributed by atoms with Gasteiger partial charge in [0.25, 0.3) is 0 Å². The molecule has 0 amide bonds. The number of amidine groups is 1. The molecule has 1 heterocycles. The lowest BCUT2D eigenvalue weighted by Crippen LogP contribution is -2.28. The Labute approximate surface area is 87.6 Å². The third-order valence-electron chi connectivity index (χ3n) is 1.79. The largest absolute Gasteiger partial charge is 0.275 e. The molecule has 4 nitrogen and oxygen atoms in total. The van der Waals surface area contributed by atoms with Gasteiger partial charge in [-0.05, 0) is 22.4 Å². The molecular weight excluding hydrogens is 234 g/mol. The molecule has 0 unspecified atom stereocenters. The van der Waals surface area contributed by atoms with Gasteiger partial charge in [-0.2, -0.15) is 0 Å². The number of hydrogen-bond donors (Lipinski definition) is 0. The van der Waals surface area contributed by atoms with Crippen molar-refractivity contribution in [3.8, 4) is 0 Å². The summed E-state index contributed by atoms with van der Waals surface area (Å²) in [5.41, 5.74) is 0. The molecule has 0 aliphatic carbocycles. The standard InChI is InChI=1S/C8H16BrN3O/c1-3-4-5-6-13-12-7-11(2)10-8(12)9/h3-7H2,1-2H3. The Bertz CT molecular complexity index is 186. The van der Waals surface area contributed by atoms with E-state index in [0.29, 0.717) is 6.67 Å². The molecule has 0 spiro atoms. The van der Waals surface area contributed by atoms with E-state index in [0.717, 1.165) is 17.8 Å². The molecular formula is C8H16BrN3O. The fourth-order valence-electron chi connectivity index (χ4n) is 1.09. The predicted molar refractivity (Wildman–Crippen MR) is 56.3 cm³/mol. The summed E-state index contributed by atoms with van der Waals surface area (Å²) in [6, 6.07) is 0. The highest BCUT2D eigenvalue weighted by molar-refractivity contribution is 9.18. The van der Waals surface area contributed by atoms with Crippen LogP contribution >= 0.6 is 15.9 Å². The van der Waals surface area contributed by atoms with Gasteiger partial charge >= 0.3 is 0 Å². The molecule has 0 aromatic heterocycles. The van der Waals surface area contributed by atoms with E-state index in [-0.39, 0.29) is 0 Å². The van der Waals surface area contributed by atoms with E-state index in [1.54, 1.807) is 5.06 Å². The first kappa shape index (κ1) is 10.8. The minimum absolute atomic E-state index is 0.701. The molecule has 0 saturated carbocycles. The molecule has 0 aromatic carbocycles. The molecule has 76 valence electrons. The summed E-state index contributed by atoms with van der Waals surface area (Å²) in [6.45, 7) is 3.65. The van der Waals surface area contributed by atoms with Gasteiger partial charge in [-0.1, -0.05) is 19.8 Å². The van der Waals surface area contributed by atoms with Crippen molar-refractivity contribution < 1.29 is 4.84 Å². The van der Waals surface area contributed by atoms with E-state index < -0.39 is 0 Å². The number of hydrazone groups is 1. The average Bonchev–Trinajstić information content (AvgIpc) is 2.39. The fourth-order valence-corrected chi connectivity index (χ4v) is 1.57. The topological polar surface area (TPSA) is 28.1 Å². The van der Waals surface area contributed by atoms with Crippen LogP contribution in [0.4, 0.5) is 0 Å². The van der Waals surface area contributed by atoms with Crippen LogP contribution in [0.3, 0.4) is 0 Å². The first-order valence-corrected chi connectivity index (χ1v) is 5.39. The van der Waals surface area contributed by atoms with Crippen LogP contribution in [0.25, 0.3) is 0 Å². The zero-order valence-electron chi connectivity index (χ0n) is 8.16. The van der Waals surface area contributed by atoms with E-state index in [1.165, 1.54) is 12.8 Å². The molecule has 1 aliphatic rings. The van der Waals surface area contributed by atoms with Crippen LogP contribution in [-0.2, 0) is 4.84 Å². The quantitative estimate of drug-likeness (QED) is 0.551. The highest BCUT2D eigenvalue weighted by Gasteiger charge is 2.18. The van der Waals surface area contributed by atoms with Gasteiger partial charge in [0.15, 0.2) is 0 Å². The first-order valence-electron chi connectivity index (χ1n) is 4.59. The summed E-state index contributed by atoms with van der Waals surface area (Å²) < 4.78 is 0.756. The van der Waals surface area contributed by atoms with E-state index in [4.69, 9.17) is 4.84 Å². The highest BCUT2D eigenvalue weighted by Crippen LogP contribution is 2.11. The minimum Gasteiger partial charge on any atom is -0.275 e. The first-order chi connectivity index (χ1) is 6.24. The van der Waals surface area contributed by atoms with E-state index in [9.17, 15) is 0 Å². The van der Waals surface area contributed by atoms with Gasteiger partial charge in [-0.3, -0.25) is 9.85 Å². The highest BCUT2D eigenvalue weighted by atomic mass is 79.9. The van der Waals surface area contributed by atoms with Crippen molar-refractivity contribution in [2.45, 2.75) is 26.2 Å². The second kappa shape index (κ2) is 5.44. The Balaban J connectivity index is 2.13. The summed E-state index contributed by atoms with van der Waals surface area (Å²) in [4.78, 5) is 5.50. The Kier molecular flexibility index (Phi) is 4.52. The number of halogens is 1. The van der Waals surface area contributed by atoms with E-state index >= 15 is 0 Å². The smallest absolute Gasteiger partial charge is 0.217 e. The summed E-state index contributed by atoms with van der Waals surface area (Å²) in [5.74, 6) is 0.